The Bertz CT molecular complexity index is 1090. The number of hydrogen-bond acceptors (Lipinski definition) is 4. The maximum Gasteiger partial charge on any atom is 0.387 e. The van der Waals surface area contributed by atoms with Gasteiger partial charge in [-0.1, -0.05) is 54.1 Å². The van der Waals surface area contributed by atoms with Crippen molar-refractivity contribution >= 4 is 17.5 Å². The van der Waals surface area contributed by atoms with E-state index in [-0.39, 0.29) is 24.1 Å². The molecule has 0 unspecified atom stereocenters. The molecule has 0 saturated carbocycles. The van der Waals surface area contributed by atoms with Gasteiger partial charge in [-0.2, -0.15) is 8.78 Å². The van der Waals surface area contributed by atoms with Gasteiger partial charge in [0.2, 0.25) is 5.91 Å². The molecule has 0 fully saturated rings. The Balaban J connectivity index is 1.44. The smallest absolute Gasteiger partial charge is 0.387 e. The van der Waals surface area contributed by atoms with Crippen LogP contribution >= 0.6 is 0 Å². The number of benzene rings is 3. The minimum Gasteiger partial charge on any atom is -0.435 e. The number of para-hydroxylation sites is 1. The first-order chi connectivity index (χ1) is 16.4. The van der Waals surface area contributed by atoms with Crippen LogP contribution in [0, 0.1) is 6.92 Å². The highest BCUT2D eigenvalue weighted by Gasteiger charge is 2.12. The van der Waals surface area contributed by atoms with Crippen LogP contribution in [0.25, 0.3) is 0 Å². The summed E-state index contributed by atoms with van der Waals surface area (Å²) in [4.78, 5) is 24.9. The van der Waals surface area contributed by atoms with Crippen molar-refractivity contribution < 1.29 is 23.1 Å². The lowest BCUT2D eigenvalue weighted by atomic mass is 10.1. The number of carbonyl (C=O) groups excluding carboxylic acids is 2. The predicted octanol–water partition coefficient (Wildman–Crippen LogP) is 4.30. The SMILES string of the molecule is Cc1ccc(CNC(=O)c2ccccc2NCC(=O)NCCc2ccc(OC(F)F)cc2)cc1. The molecule has 0 atom stereocenters. The Kier molecular flexibility index (Phi) is 8.96. The molecule has 6 nitrogen and oxygen atoms in total. The standard InChI is InChI=1S/C26H27F2N3O3/c1-18-6-8-20(9-7-18)16-31-25(33)22-4-2-3-5-23(22)30-17-24(32)29-15-14-19-10-12-21(13-11-19)34-26(27)28/h2-13,26,30H,14-17H2,1H3,(H,29,32)(H,31,33). The molecular weight excluding hydrogens is 440 g/mol. The van der Waals surface area contributed by atoms with Gasteiger partial charge in [0.25, 0.3) is 5.91 Å². The molecule has 0 radical (unpaired) electrons. The van der Waals surface area contributed by atoms with Crippen molar-refractivity contribution in [2.45, 2.75) is 26.5 Å². The number of rotatable bonds is 11. The fraction of sp³-hybridized carbons (Fsp3) is 0.231. The number of nitrogens with one attached hydrogen (secondary N) is 3. The van der Waals surface area contributed by atoms with Gasteiger partial charge in [0, 0.05) is 18.8 Å². The zero-order valence-corrected chi connectivity index (χ0v) is 18.8. The molecule has 0 aliphatic carbocycles. The molecule has 0 aromatic heterocycles. The Morgan fingerprint density at radius 2 is 1.56 bits per heavy atom. The van der Waals surface area contributed by atoms with Crippen LogP contribution in [0.5, 0.6) is 5.75 Å². The van der Waals surface area contributed by atoms with Crippen molar-refractivity contribution in [3.8, 4) is 5.75 Å². The summed E-state index contributed by atoms with van der Waals surface area (Å²) in [5.74, 6) is -0.371. The van der Waals surface area contributed by atoms with E-state index in [0.717, 1.165) is 16.7 Å². The summed E-state index contributed by atoms with van der Waals surface area (Å²) in [5, 5.41) is 8.71. The van der Waals surface area contributed by atoms with E-state index >= 15 is 0 Å². The molecule has 0 spiro atoms. The zero-order chi connectivity index (χ0) is 24.3. The van der Waals surface area contributed by atoms with E-state index in [9.17, 15) is 18.4 Å². The quantitative estimate of drug-likeness (QED) is 0.393. The lowest BCUT2D eigenvalue weighted by Crippen LogP contribution is -2.32. The summed E-state index contributed by atoms with van der Waals surface area (Å²) in [7, 11) is 0. The highest BCUT2D eigenvalue weighted by Crippen LogP contribution is 2.16. The van der Waals surface area contributed by atoms with Crippen LogP contribution in [0.1, 0.15) is 27.0 Å². The predicted molar refractivity (Wildman–Crippen MR) is 127 cm³/mol. The number of ether oxygens (including phenoxy) is 1. The van der Waals surface area contributed by atoms with Crippen molar-refractivity contribution in [1.82, 2.24) is 10.6 Å². The van der Waals surface area contributed by atoms with E-state index in [2.05, 4.69) is 20.7 Å². The van der Waals surface area contributed by atoms with E-state index in [1.54, 1.807) is 36.4 Å². The van der Waals surface area contributed by atoms with Gasteiger partial charge in [0.05, 0.1) is 12.1 Å². The van der Waals surface area contributed by atoms with Crippen LogP contribution in [-0.2, 0) is 17.8 Å². The second-order valence-corrected chi connectivity index (χ2v) is 7.69. The summed E-state index contributed by atoms with van der Waals surface area (Å²) in [6, 6.07) is 21.2. The molecule has 0 aliphatic rings. The highest BCUT2D eigenvalue weighted by molar-refractivity contribution is 6.00. The monoisotopic (exact) mass is 467 g/mol. The zero-order valence-electron chi connectivity index (χ0n) is 18.8. The minimum absolute atomic E-state index is 0.00339. The van der Waals surface area contributed by atoms with Crippen molar-refractivity contribution in [2.24, 2.45) is 0 Å². The minimum atomic E-state index is -2.86. The summed E-state index contributed by atoms with van der Waals surface area (Å²) >= 11 is 0. The summed E-state index contributed by atoms with van der Waals surface area (Å²) in [6.45, 7) is -0.0607. The second-order valence-electron chi connectivity index (χ2n) is 7.69. The molecule has 0 heterocycles. The molecule has 3 N–H and O–H groups in total. The van der Waals surface area contributed by atoms with E-state index in [4.69, 9.17) is 0 Å². The van der Waals surface area contributed by atoms with Crippen LogP contribution in [0.4, 0.5) is 14.5 Å². The first-order valence-electron chi connectivity index (χ1n) is 10.9. The number of anilines is 1. The molecule has 0 saturated heterocycles. The van der Waals surface area contributed by atoms with E-state index in [1.807, 2.05) is 31.2 Å². The molecular formula is C26H27F2N3O3. The average molecular weight is 468 g/mol. The normalized spacial score (nSPS) is 10.6. The van der Waals surface area contributed by atoms with Gasteiger partial charge >= 0.3 is 6.61 Å². The third kappa shape index (κ3) is 7.88. The van der Waals surface area contributed by atoms with Crippen LogP contribution in [0.2, 0.25) is 0 Å². The van der Waals surface area contributed by atoms with Gasteiger partial charge < -0.3 is 20.7 Å². The molecule has 3 aromatic rings. The molecule has 0 aliphatic heterocycles. The lowest BCUT2D eigenvalue weighted by Gasteiger charge is -2.13. The Hall–Kier alpha value is -3.94. The number of carbonyl (C=O) groups is 2. The summed E-state index contributed by atoms with van der Waals surface area (Å²) < 4.78 is 28.7. The van der Waals surface area contributed by atoms with Crippen molar-refractivity contribution in [2.75, 3.05) is 18.4 Å². The number of hydrogen-bond donors (Lipinski definition) is 3. The molecule has 2 amide bonds. The third-order valence-electron chi connectivity index (χ3n) is 5.07. The number of amides is 2. The fourth-order valence-electron chi connectivity index (χ4n) is 3.24. The van der Waals surface area contributed by atoms with Crippen molar-refractivity contribution in [1.29, 1.82) is 0 Å². The summed E-state index contributed by atoms with van der Waals surface area (Å²) in [6.07, 6.45) is 0.540. The fourth-order valence-corrected chi connectivity index (χ4v) is 3.24. The Labute approximate surface area is 197 Å². The number of alkyl halides is 2. The van der Waals surface area contributed by atoms with Gasteiger partial charge in [0.1, 0.15) is 5.75 Å². The van der Waals surface area contributed by atoms with Gasteiger partial charge in [-0.3, -0.25) is 9.59 Å². The molecule has 8 heteroatoms. The first kappa shape index (κ1) is 24.7. The number of aryl methyl sites for hydroxylation is 1. The molecule has 178 valence electrons. The van der Waals surface area contributed by atoms with Crippen LogP contribution in [-0.4, -0.2) is 31.5 Å². The van der Waals surface area contributed by atoms with Gasteiger partial charge in [-0.05, 0) is 48.7 Å². The average Bonchev–Trinajstić information content (AvgIpc) is 2.83. The van der Waals surface area contributed by atoms with E-state index in [1.165, 1.54) is 12.1 Å². The largest absolute Gasteiger partial charge is 0.435 e. The van der Waals surface area contributed by atoms with Gasteiger partial charge in [-0.15, -0.1) is 0 Å². The Morgan fingerprint density at radius 1 is 0.882 bits per heavy atom. The molecule has 34 heavy (non-hydrogen) atoms. The molecule has 0 bridgehead atoms. The van der Waals surface area contributed by atoms with Gasteiger partial charge in [-0.25, -0.2) is 0 Å². The van der Waals surface area contributed by atoms with E-state index < -0.39 is 6.61 Å². The molecule has 3 rings (SSSR count). The maximum atomic E-state index is 12.7. The van der Waals surface area contributed by atoms with Crippen molar-refractivity contribution in [3.63, 3.8) is 0 Å². The number of halogens is 2. The van der Waals surface area contributed by atoms with Crippen LogP contribution < -0.4 is 20.7 Å². The topological polar surface area (TPSA) is 79.5 Å². The molecule has 3 aromatic carbocycles. The third-order valence-corrected chi connectivity index (χ3v) is 5.07. The summed E-state index contributed by atoms with van der Waals surface area (Å²) in [5.41, 5.74) is 4.05. The first-order valence-corrected chi connectivity index (χ1v) is 10.9. The van der Waals surface area contributed by atoms with Crippen molar-refractivity contribution in [3.05, 3.63) is 95.1 Å². The van der Waals surface area contributed by atoms with Crippen LogP contribution in [0.3, 0.4) is 0 Å². The second kappa shape index (κ2) is 12.3. The van der Waals surface area contributed by atoms with Crippen LogP contribution in [0.15, 0.2) is 72.8 Å². The highest BCUT2D eigenvalue weighted by atomic mass is 19.3. The van der Waals surface area contributed by atoms with E-state index in [0.29, 0.717) is 30.8 Å². The Morgan fingerprint density at radius 3 is 2.26 bits per heavy atom. The van der Waals surface area contributed by atoms with Gasteiger partial charge in [0.15, 0.2) is 0 Å². The lowest BCUT2D eigenvalue weighted by molar-refractivity contribution is -0.119. The maximum absolute atomic E-state index is 12.7.